The molecule has 1 fully saturated rings. The number of nitro groups is 1. The zero-order valence-corrected chi connectivity index (χ0v) is 14.3. The molecule has 3 rings (SSSR count). The van der Waals surface area contributed by atoms with Crippen molar-refractivity contribution in [2.45, 2.75) is 17.2 Å². The lowest BCUT2D eigenvalue weighted by molar-refractivity contribution is -0.385. The van der Waals surface area contributed by atoms with E-state index in [9.17, 15) is 31.7 Å². The highest BCUT2D eigenvalue weighted by Crippen LogP contribution is 2.31. The predicted octanol–water partition coefficient (Wildman–Crippen LogP) is 2.46. The Morgan fingerprint density at radius 1 is 1.22 bits per heavy atom. The maximum absolute atomic E-state index is 12.7. The Balaban J connectivity index is 1.67. The molecule has 1 aromatic heterocycles. The molecule has 8 nitrogen and oxygen atoms in total. The number of pyridine rings is 1. The quantitative estimate of drug-likeness (QED) is 0.561. The first kappa shape index (κ1) is 19.0. The molecule has 0 amide bonds. The van der Waals surface area contributed by atoms with Gasteiger partial charge in [-0.05, 0) is 12.1 Å². The van der Waals surface area contributed by atoms with Gasteiger partial charge < -0.3 is 4.74 Å². The van der Waals surface area contributed by atoms with E-state index >= 15 is 0 Å². The lowest BCUT2D eigenvalue weighted by atomic mass is 10.2. The molecule has 1 saturated heterocycles. The van der Waals surface area contributed by atoms with E-state index in [-0.39, 0.29) is 29.6 Å². The SMILES string of the molecule is O=[N+]([O-])c1cccc(S(=O)(=O)N2CC(Oc3cc(C(F)(F)F)ccn3)C2)c1. The molecular formula is C15H12F3N3O5S. The number of hydrogen-bond donors (Lipinski definition) is 0. The highest BCUT2D eigenvalue weighted by Gasteiger charge is 2.39. The van der Waals surface area contributed by atoms with Crippen molar-refractivity contribution in [1.82, 2.24) is 9.29 Å². The van der Waals surface area contributed by atoms with Crippen LogP contribution >= 0.6 is 0 Å². The first-order valence-corrected chi connectivity index (χ1v) is 8.96. The van der Waals surface area contributed by atoms with Crippen molar-refractivity contribution < 1.29 is 31.2 Å². The van der Waals surface area contributed by atoms with Gasteiger partial charge in [0.05, 0.1) is 28.5 Å². The number of benzene rings is 1. The van der Waals surface area contributed by atoms with Gasteiger partial charge in [-0.3, -0.25) is 10.1 Å². The summed E-state index contributed by atoms with van der Waals surface area (Å²) in [6.07, 6.45) is -4.26. The van der Waals surface area contributed by atoms with E-state index in [2.05, 4.69) is 4.98 Å². The van der Waals surface area contributed by atoms with Crippen LogP contribution in [-0.2, 0) is 16.2 Å². The second-order valence-electron chi connectivity index (χ2n) is 5.70. The number of sulfonamides is 1. The average molecular weight is 403 g/mol. The number of alkyl halides is 3. The molecule has 12 heteroatoms. The first-order chi connectivity index (χ1) is 12.6. The summed E-state index contributed by atoms with van der Waals surface area (Å²) >= 11 is 0. The summed E-state index contributed by atoms with van der Waals surface area (Å²) in [7, 11) is -3.97. The van der Waals surface area contributed by atoms with Crippen LogP contribution in [0.3, 0.4) is 0 Å². The number of aromatic nitrogens is 1. The topological polar surface area (TPSA) is 103 Å². The third kappa shape index (κ3) is 4.01. The molecule has 1 aromatic carbocycles. The predicted molar refractivity (Wildman–Crippen MR) is 85.5 cm³/mol. The summed E-state index contributed by atoms with van der Waals surface area (Å²) in [6, 6.07) is 6.12. The van der Waals surface area contributed by atoms with E-state index in [1.54, 1.807) is 0 Å². The molecule has 144 valence electrons. The van der Waals surface area contributed by atoms with Gasteiger partial charge in [0.2, 0.25) is 15.9 Å². The molecule has 0 atom stereocenters. The van der Waals surface area contributed by atoms with E-state index in [4.69, 9.17) is 4.74 Å². The lowest BCUT2D eigenvalue weighted by Gasteiger charge is -2.37. The van der Waals surface area contributed by atoms with Crippen LogP contribution in [0.25, 0.3) is 0 Å². The van der Waals surface area contributed by atoms with Crippen LogP contribution < -0.4 is 4.74 Å². The van der Waals surface area contributed by atoms with E-state index in [0.29, 0.717) is 0 Å². The van der Waals surface area contributed by atoms with Crippen molar-refractivity contribution in [3.63, 3.8) is 0 Å². The van der Waals surface area contributed by atoms with Gasteiger partial charge in [-0.15, -0.1) is 0 Å². The Bertz CT molecular complexity index is 975. The Morgan fingerprint density at radius 3 is 2.56 bits per heavy atom. The first-order valence-electron chi connectivity index (χ1n) is 7.52. The highest BCUT2D eigenvalue weighted by molar-refractivity contribution is 7.89. The fourth-order valence-electron chi connectivity index (χ4n) is 2.40. The van der Waals surface area contributed by atoms with E-state index < -0.39 is 32.8 Å². The number of nitrogens with zero attached hydrogens (tertiary/aromatic N) is 3. The molecule has 0 radical (unpaired) electrons. The molecule has 0 bridgehead atoms. The van der Waals surface area contributed by atoms with Gasteiger partial charge in [0.25, 0.3) is 5.69 Å². The number of nitro benzene ring substituents is 1. The van der Waals surface area contributed by atoms with Gasteiger partial charge in [-0.1, -0.05) is 6.07 Å². The van der Waals surface area contributed by atoms with Crippen molar-refractivity contribution in [2.75, 3.05) is 13.1 Å². The van der Waals surface area contributed by atoms with Gasteiger partial charge in [0.1, 0.15) is 6.10 Å². The van der Waals surface area contributed by atoms with Crippen molar-refractivity contribution in [3.05, 3.63) is 58.3 Å². The number of hydrogen-bond acceptors (Lipinski definition) is 6. The van der Waals surface area contributed by atoms with Gasteiger partial charge in [-0.25, -0.2) is 13.4 Å². The van der Waals surface area contributed by atoms with Crippen molar-refractivity contribution in [2.24, 2.45) is 0 Å². The summed E-state index contributed by atoms with van der Waals surface area (Å²) in [4.78, 5) is 13.5. The van der Waals surface area contributed by atoms with Crippen LogP contribution in [0.4, 0.5) is 18.9 Å². The number of halogens is 3. The minimum atomic E-state index is -4.54. The zero-order valence-electron chi connectivity index (χ0n) is 13.5. The molecule has 2 heterocycles. The minimum Gasteiger partial charge on any atom is -0.472 e. The smallest absolute Gasteiger partial charge is 0.416 e. The normalized spacial score (nSPS) is 16.0. The maximum Gasteiger partial charge on any atom is 0.416 e. The molecule has 0 unspecified atom stereocenters. The molecule has 2 aromatic rings. The van der Waals surface area contributed by atoms with Crippen LogP contribution in [0.2, 0.25) is 0 Å². The zero-order chi connectivity index (χ0) is 19.8. The van der Waals surface area contributed by atoms with Crippen molar-refractivity contribution >= 4 is 15.7 Å². The third-order valence-corrected chi connectivity index (χ3v) is 5.66. The number of non-ortho nitro benzene ring substituents is 1. The van der Waals surface area contributed by atoms with E-state index in [1.807, 2.05) is 0 Å². The Hall–Kier alpha value is -2.73. The monoisotopic (exact) mass is 403 g/mol. The summed E-state index contributed by atoms with van der Waals surface area (Å²) in [5.74, 6) is -0.262. The van der Waals surface area contributed by atoms with Gasteiger partial charge in [-0.2, -0.15) is 17.5 Å². The van der Waals surface area contributed by atoms with Gasteiger partial charge >= 0.3 is 6.18 Å². The average Bonchev–Trinajstić information content (AvgIpc) is 2.57. The van der Waals surface area contributed by atoms with Crippen LogP contribution in [0.15, 0.2) is 47.5 Å². The second kappa shape index (κ2) is 6.78. The van der Waals surface area contributed by atoms with Crippen LogP contribution in [-0.4, -0.2) is 41.8 Å². The molecule has 1 aliphatic rings. The largest absolute Gasteiger partial charge is 0.472 e. The maximum atomic E-state index is 12.7. The Kier molecular flexibility index (Phi) is 4.78. The summed E-state index contributed by atoms with van der Waals surface area (Å²) in [5.41, 5.74) is -1.29. The highest BCUT2D eigenvalue weighted by atomic mass is 32.2. The lowest BCUT2D eigenvalue weighted by Crippen LogP contribution is -2.56. The van der Waals surface area contributed by atoms with E-state index in [1.165, 1.54) is 18.2 Å². The molecule has 0 N–H and O–H groups in total. The van der Waals surface area contributed by atoms with Crippen LogP contribution in [0.1, 0.15) is 5.56 Å². The van der Waals surface area contributed by atoms with Gasteiger partial charge in [0.15, 0.2) is 0 Å². The Morgan fingerprint density at radius 2 is 1.93 bits per heavy atom. The standard InChI is InChI=1S/C15H12F3N3O5S/c16-15(17,18)10-4-5-19-14(6-10)26-12-8-20(9-12)27(24,25)13-3-1-2-11(7-13)21(22)23/h1-7,12H,8-9H2. The molecule has 0 saturated carbocycles. The summed E-state index contributed by atoms with van der Waals surface area (Å²) < 4.78 is 69.2. The summed E-state index contributed by atoms with van der Waals surface area (Å²) in [5, 5.41) is 10.8. The Labute approximate surface area is 151 Å². The molecule has 1 aliphatic heterocycles. The minimum absolute atomic E-state index is 0.108. The number of rotatable bonds is 5. The van der Waals surface area contributed by atoms with Gasteiger partial charge in [0, 0.05) is 24.4 Å². The van der Waals surface area contributed by atoms with Crippen LogP contribution in [0, 0.1) is 10.1 Å². The molecular weight excluding hydrogens is 391 g/mol. The molecule has 0 aliphatic carbocycles. The van der Waals surface area contributed by atoms with E-state index in [0.717, 1.165) is 28.7 Å². The number of ether oxygens (including phenoxy) is 1. The van der Waals surface area contributed by atoms with Crippen molar-refractivity contribution in [3.8, 4) is 5.88 Å². The second-order valence-corrected chi connectivity index (χ2v) is 7.63. The van der Waals surface area contributed by atoms with Crippen LogP contribution in [0.5, 0.6) is 5.88 Å². The fraction of sp³-hybridized carbons (Fsp3) is 0.267. The molecule has 0 spiro atoms. The molecule has 27 heavy (non-hydrogen) atoms. The third-order valence-electron chi connectivity index (χ3n) is 3.83. The summed E-state index contributed by atoms with van der Waals surface area (Å²) in [6.45, 7) is -0.216. The van der Waals surface area contributed by atoms with Crippen molar-refractivity contribution in [1.29, 1.82) is 0 Å². The fourth-order valence-corrected chi connectivity index (χ4v) is 3.94.